The van der Waals surface area contributed by atoms with E-state index in [-0.39, 0.29) is 43.8 Å². The first-order valence-electron chi connectivity index (χ1n) is 12.6. The number of fused-ring (bicyclic) bond motifs is 3. The lowest BCUT2D eigenvalue weighted by Crippen LogP contribution is -2.65. The minimum atomic E-state index is -4.21. The van der Waals surface area contributed by atoms with Crippen LogP contribution < -0.4 is 4.90 Å². The van der Waals surface area contributed by atoms with E-state index < -0.39 is 28.0 Å². The van der Waals surface area contributed by atoms with Crippen LogP contribution >= 0.6 is 0 Å². The number of hydrogen-bond acceptors (Lipinski definition) is 4. The molecule has 0 bridgehead atoms. The van der Waals surface area contributed by atoms with Crippen molar-refractivity contribution in [1.82, 2.24) is 13.9 Å². The Bertz CT molecular complexity index is 1310. The number of carbonyl (C=O) groups is 1. The summed E-state index contributed by atoms with van der Waals surface area (Å²) >= 11 is 0. The van der Waals surface area contributed by atoms with Gasteiger partial charge in [0.05, 0.1) is 17.5 Å². The molecule has 4 aliphatic rings. The fourth-order valence-electron chi connectivity index (χ4n) is 5.99. The number of alkyl halides is 3. The van der Waals surface area contributed by atoms with Gasteiger partial charge in [0.1, 0.15) is 11.2 Å². The molecule has 1 saturated heterocycles. The van der Waals surface area contributed by atoms with Crippen molar-refractivity contribution < 1.29 is 26.4 Å². The molecule has 0 atom stereocenters. The summed E-state index contributed by atoms with van der Waals surface area (Å²) in [6, 6.07) is 7.44. The van der Waals surface area contributed by atoms with E-state index in [1.54, 1.807) is 4.90 Å². The number of nitrogens with zero attached hydrogens (tertiary/aromatic N) is 4. The van der Waals surface area contributed by atoms with Crippen molar-refractivity contribution in [2.75, 3.05) is 18.0 Å². The maximum Gasteiger partial charge on any atom is 0.389 e. The summed E-state index contributed by atoms with van der Waals surface area (Å²) in [4.78, 5) is 20.3. The predicted molar refractivity (Wildman–Crippen MR) is 127 cm³/mol. The van der Waals surface area contributed by atoms with Gasteiger partial charge in [0.25, 0.3) is 0 Å². The Balaban J connectivity index is 1.29. The Morgan fingerprint density at radius 2 is 1.81 bits per heavy atom. The molecule has 2 aliphatic heterocycles. The molecule has 1 aromatic heterocycles. The zero-order valence-corrected chi connectivity index (χ0v) is 20.7. The molecule has 6 rings (SSSR count). The lowest BCUT2D eigenvalue weighted by atomic mass is 9.76. The van der Waals surface area contributed by atoms with Crippen molar-refractivity contribution in [2.24, 2.45) is 0 Å². The van der Waals surface area contributed by atoms with Crippen molar-refractivity contribution in [1.29, 1.82) is 0 Å². The van der Waals surface area contributed by atoms with Crippen LogP contribution in [-0.4, -0.2) is 52.7 Å². The van der Waals surface area contributed by atoms with Crippen LogP contribution in [0.1, 0.15) is 61.3 Å². The van der Waals surface area contributed by atoms with Crippen LogP contribution in [0.25, 0.3) is 0 Å². The smallest absolute Gasteiger partial charge is 0.330 e. The van der Waals surface area contributed by atoms with Gasteiger partial charge >= 0.3 is 6.18 Å². The highest BCUT2D eigenvalue weighted by Gasteiger charge is 2.62. The summed E-state index contributed by atoms with van der Waals surface area (Å²) in [5, 5.41) is -0.326. The third-order valence-electron chi connectivity index (χ3n) is 8.02. The maximum absolute atomic E-state index is 13.8. The van der Waals surface area contributed by atoms with Crippen LogP contribution in [-0.2, 0) is 46.2 Å². The molecule has 2 aliphatic carbocycles. The van der Waals surface area contributed by atoms with Gasteiger partial charge in [-0.25, -0.2) is 13.4 Å². The first kappa shape index (κ1) is 24.0. The van der Waals surface area contributed by atoms with E-state index in [4.69, 9.17) is 4.98 Å². The van der Waals surface area contributed by atoms with E-state index in [0.29, 0.717) is 18.7 Å². The molecule has 0 radical (unpaired) electrons. The number of hydrogen-bond donors (Lipinski definition) is 0. The molecular weight excluding hydrogens is 493 g/mol. The largest absolute Gasteiger partial charge is 0.389 e. The molecule has 0 unspecified atom stereocenters. The number of para-hydroxylation sites is 1. The molecular formula is C25H29F3N4O3S. The number of carbonyl (C=O) groups excluding carboxylic acids is 1. The summed E-state index contributed by atoms with van der Waals surface area (Å²) < 4.78 is 67.3. The second kappa shape index (κ2) is 8.31. The van der Waals surface area contributed by atoms with E-state index in [1.807, 2.05) is 28.8 Å². The molecule has 1 amide bonds. The summed E-state index contributed by atoms with van der Waals surface area (Å²) in [6.07, 6.45) is -0.250. The highest BCUT2D eigenvalue weighted by Crippen LogP contribution is 2.50. The minimum absolute atomic E-state index is 0.0399. The van der Waals surface area contributed by atoms with E-state index >= 15 is 0 Å². The Labute approximate surface area is 208 Å². The molecule has 2 fully saturated rings. The number of amides is 1. The summed E-state index contributed by atoms with van der Waals surface area (Å²) in [5.41, 5.74) is 2.54. The predicted octanol–water partition coefficient (Wildman–Crippen LogP) is 3.70. The fourth-order valence-corrected chi connectivity index (χ4v) is 7.95. The highest BCUT2D eigenvalue weighted by molar-refractivity contribution is 7.90. The van der Waals surface area contributed by atoms with E-state index in [1.165, 1.54) is 4.31 Å². The lowest BCUT2D eigenvalue weighted by molar-refractivity contribution is -0.136. The Morgan fingerprint density at radius 3 is 2.53 bits per heavy atom. The average Bonchev–Trinajstić information content (AvgIpc) is 3.56. The van der Waals surface area contributed by atoms with Crippen LogP contribution in [0.3, 0.4) is 0 Å². The van der Waals surface area contributed by atoms with Gasteiger partial charge in [-0.15, -0.1) is 0 Å². The van der Waals surface area contributed by atoms with Crippen LogP contribution in [0.5, 0.6) is 0 Å². The minimum Gasteiger partial charge on any atom is -0.330 e. The first-order chi connectivity index (χ1) is 17.1. The summed E-state index contributed by atoms with van der Waals surface area (Å²) in [5.74, 6) is 0.444. The normalized spacial score (nSPS) is 21.5. The molecule has 0 N–H and O–H groups in total. The van der Waals surface area contributed by atoms with E-state index in [2.05, 4.69) is 0 Å². The monoisotopic (exact) mass is 522 g/mol. The number of imidazole rings is 1. The zero-order chi connectivity index (χ0) is 25.3. The molecule has 36 heavy (non-hydrogen) atoms. The number of halogens is 3. The molecule has 11 heteroatoms. The number of benzene rings is 1. The molecule has 2 aromatic rings. The van der Waals surface area contributed by atoms with Gasteiger partial charge in [0.2, 0.25) is 15.9 Å². The van der Waals surface area contributed by atoms with E-state index in [9.17, 15) is 26.4 Å². The number of rotatable bonds is 7. The van der Waals surface area contributed by atoms with Gasteiger partial charge in [-0.1, -0.05) is 18.2 Å². The standard InChI is InChI=1S/C25H29F3N4O3S/c26-25(27,28)12-5-13-31-21-9-4-2-7-19(21)29-22(31)14-32-20-8-3-1-6-18(20)24(23(32)33)15-30(16-24)36(34,35)17-10-11-17/h1,3,6,8,17H,2,4-5,7,9-16H2. The highest BCUT2D eigenvalue weighted by atomic mass is 32.2. The average molecular weight is 523 g/mol. The first-order valence-corrected chi connectivity index (χ1v) is 14.1. The number of aryl methyl sites for hydroxylation is 1. The summed E-state index contributed by atoms with van der Waals surface area (Å²) in [7, 11) is -3.37. The molecule has 7 nitrogen and oxygen atoms in total. The Hall–Kier alpha value is -2.40. The van der Waals surface area contributed by atoms with Gasteiger partial charge in [-0.05, 0) is 56.6 Å². The fraction of sp³-hybridized carbons (Fsp3) is 0.600. The number of anilines is 1. The third-order valence-corrected chi connectivity index (χ3v) is 10.3. The van der Waals surface area contributed by atoms with Crippen molar-refractivity contribution in [3.05, 3.63) is 47.0 Å². The number of aromatic nitrogens is 2. The van der Waals surface area contributed by atoms with Gasteiger partial charge in [0.15, 0.2) is 0 Å². The van der Waals surface area contributed by atoms with Crippen molar-refractivity contribution in [2.45, 2.75) is 81.3 Å². The maximum atomic E-state index is 13.8. The lowest BCUT2D eigenvalue weighted by Gasteiger charge is -2.45. The van der Waals surface area contributed by atoms with Gasteiger partial charge < -0.3 is 9.47 Å². The van der Waals surface area contributed by atoms with Gasteiger partial charge in [-0.3, -0.25) is 4.79 Å². The molecule has 1 spiro atoms. The van der Waals surface area contributed by atoms with Crippen LogP contribution in [0, 0.1) is 0 Å². The Kier molecular flexibility index (Phi) is 5.53. The van der Waals surface area contributed by atoms with Gasteiger partial charge in [0, 0.05) is 37.4 Å². The van der Waals surface area contributed by atoms with Crippen LogP contribution in [0.15, 0.2) is 24.3 Å². The van der Waals surface area contributed by atoms with Crippen LogP contribution in [0.4, 0.5) is 18.9 Å². The van der Waals surface area contributed by atoms with Crippen LogP contribution in [0.2, 0.25) is 0 Å². The third kappa shape index (κ3) is 3.86. The van der Waals surface area contributed by atoms with Gasteiger partial charge in [-0.2, -0.15) is 17.5 Å². The van der Waals surface area contributed by atoms with Crippen molar-refractivity contribution in [3.8, 4) is 0 Å². The Morgan fingerprint density at radius 1 is 1.08 bits per heavy atom. The molecule has 3 heterocycles. The molecule has 1 saturated carbocycles. The van der Waals surface area contributed by atoms with Crippen molar-refractivity contribution >= 4 is 21.6 Å². The second-order valence-electron chi connectivity index (χ2n) is 10.5. The zero-order valence-electron chi connectivity index (χ0n) is 19.9. The number of sulfonamides is 1. The SMILES string of the molecule is O=C1N(Cc2nc3c(n2CCCC(F)(F)F)CCCC3)c2ccccc2C12CN(S(=O)(=O)C1CC1)C2. The van der Waals surface area contributed by atoms with E-state index in [0.717, 1.165) is 48.3 Å². The second-order valence-corrected chi connectivity index (χ2v) is 12.7. The molecule has 194 valence electrons. The molecule has 1 aromatic carbocycles. The topological polar surface area (TPSA) is 75.5 Å². The quantitative estimate of drug-likeness (QED) is 0.556. The summed E-state index contributed by atoms with van der Waals surface area (Å²) in [6.45, 7) is 0.634. The van der Waals surface area contributed by atoms with Crippen molar-refractivity contribution in [3.63, 3.8) is 0 Å².